The van der Waals surface area contributed by atoms with Crippen LogP contribution in [0.1, 0.15) is 17.5 Å². The lowest BCUT2D eigenvalue weighted by molar-refractivity contribution is -0.115. The Morgan fingerprint density at radius 1 is 1.08 bits per heavy atom. The number of hydrogen-bond donors (Lipinski definition) is 1. The van der Waals surface area contributed by atoms with E-state index in [2.05, 4.69) is 21.2 Å². The number of carbonyl (C=O) groups excluding carboxylic acids is 1. The fourth-order valence-electron chi connectivity index (χ4n) is 1.92. The number of carbonyl (C=O) groups is 1. The lowest BCUT2D eigenvalue weighted by Gasteiger charge is -2.05. The lowest BCUT2D eigenvalue weighted by Crippen LogP contribution is -2.16. The third-order valence-corrected chi connectivity index (χ3v) is 5.14. The summed E-state index contributed by atoms with van der Waals surface area (Å²) in [5.74, 6) is -0.554. The third kappa shape index (κ3) is 6.29. The molecular weight excluding hydrogens is 390 g/mol. The van der Waals surface area contributed by atoms with Crippen LogP contribution in [0, 0.1) is 6.92 Å². The molecule has 6 heteroatoms. The molecule has 0 fully saturated rings. The topological polar surface area (TPSA) is 63.2 Å². The standard InChI is InChI=1S/C18H18BrNO3S/c1-14-2-4-15(5-3-14)10-12-24(22,23)13-11-18(21)20-17-8-6-16(19)7-9-17/h2-10,12H,11,13H2,1H3,(H,20,21)/b12-10+. The summed E-state index contributed by atoms with van der Waals surface area (Å²) in [6.45, 7) is 1.97. The minimum absolute atomic E-state index is 0.0867. The normalized spacial score (nSPS) is 11.6. The fraction of sp³-hybridized carbons (Fsp3) is 0.167. The number of amides is 1. The molecule has 0 radical (unpaired) electrons. The molecule has 0 unspecified atom stereocenters. The Hall–Kier alpha value is -1.92. The summed E-state index contributed by atoms with van der Waals surface area (Å²) < 4.78 is 24.9. The number of rotatable bonds is 6. The molecule has 0 saturated carbocycles. The average Bonchev–Trinajstić information content (AvgIpc) is 2.55. The van der Waals surface area contributed by atoms with Gasteiger partial charge in [-0.25, -0.2) is 8.42 Å². The van der Waals surface area contributed by atoms with Crippen molar-refractivity contribution in [1.29, 1.82) is 0 Å². The molecule has 0 bridgehead atoms. The molecule has 0 atom stereocenters. The first-order valence-corrected chi connectivity index (χ1v) is 9.88. The van der Waals surface area contributed by atoms with Gasteiger partial charge in [-0.1, -0.05) is 45.8 Å². The number of benzene rings is 2. The number of anilines is 1. The van der Waals surface area contributed by atoms with Gasteiger partial charge < -0.3 is 5.32 Å². The predicted octanol–water partition coefficient (Wildman–Crippen LogP) is 4.17. The van der Waals surface area contributed by atoms with Gasteiger partial charge in [0.15, 0.2) is 9.84 Å². The summed E-state index contributed by atoms with van der Waals surface area (Å²) in [5, 5.41) is 3.83. The van der Waals surface area contributed by atoms with Crippen LogP contribution < -0.4 is 5.32 Å². The molecule has 2 aromatic carbocycles. The molecule has 0 aliphatic heterocycles. The lowest BCUT2D eigenvalue weighted by atomic mass is 10.2. The number of hydrogen-bond acceptors (Lipinski definition) is 3. The molecule has 0 aliphatic rings. The Morgan fingerprint density at radius 2 is 1.71 bits per heavy atom. The zero-order valence-corrected chi connectivity index (χ0v) is 15.6. The highest BCUT2D eigenvalue weighted by atomic mass is 79.9. The van der Waals surface area contributed by atoms with Crippen molar-refractivity contribution in [2.75, 3.05) is 11.1 Å². The highest BCUT2D eigenvalue weighted by Gasteiger charge is 2.10. The second-order valence-corrected chi connectivity index (χ2v) is 8.31. The van der Waals surface area contributed by atoms with E-state index in [1.165, 1.54) is 0 Å². The van der Waals surface area contributed by atoms with Gasteiger partial charge in [-0.15, -0.1) is 0 Å². The monoisotopic (exact) mass is 407 g/mol. The van der Waals surface area contributed by atoms with Crippen molar-refractivity contribution in [2.45, 2.75) is 13.3 Å². The van der Waals surface area contributed by atoms with Crippen molar-refractivity contribution in [3.63, 3.8) is 0 Å². The van der Waals surface area contributed by atoms with Gasteiger partial charge in [0, 0.05) is 22.0 Å². The van der Waals surface area contributed by atoms with E-state index in [9.17, 15) is 13.2 Å². The molecule has 2 rings (SSSR count). The van der Waals surface area contributed by atoms with E-state index in [0.29, 0.717) is 5.69 Å². The Kier molecular flexibility index (Phi) is 6.34. The molecule has 1 N–H and O–H groups in total. The van der Waals surface area contributed by atoms with Crippen molar-refractivity contribution < 1.29 is 13.2 Å². The Bertz CT molecular complexity index is 826. The van der Waals surface area contributed by atoms with E-state index in [0.717, 1.165) is 21.0 Å². The van der Waals surface area contributed by atoms with Crippen LogP contribution in [-0.2, 0) is 14.6 Å². The molecule has 24 heavy (non-hydrogen) atoms. The maximum atomic E-state index is 12.0. The Labute approximate surface area is 150 Å². The van der Waals surface area contributed by atoms with Crippen LogP contribution in [0.5, 0.6) is 0 Å². The molecule has 0 heterocycles. The summed E-state index contributed by atoms with van der Waals surface area (Å²) >= 11 is 3.31. The first-order chi connectivity index (χ1) is 11.3. The van der Waals surface area contributed by atoms with Crippen molar-refractivity contribution in [2.24, 2.45) is 0 Å². The average molecular weight is 408 g/mol. The predicted molar refractivity (Wildman–Crippen MR) is 101 cm³/mol. The zero-order chi connectivity index (χ0) is 17.6. The van der Waals surface area contributed by atoms with E-state index in [4.69, 9.17) is 0 Å². The minimum atomic E-state index is -3.43. The van der Waals surface area contributed by atoms with Crippen molar-refractivity contribution >= 4 is 43.4 Å². The van der Waals surface area contributed by atoms with Crippen LogP contribution in [0.3, 0.4) is 0 Å². The maximum absolute atomic E-state index is 12.0. The molecule has 2 aromatic rings. The quantitative estimate of drug-likeness (QED) is 0.781. The second-order valence-electron chi connectivity index (χ2n) is 5.39. The molecule has 0 spiro atoms. The summed E-state index contributed by atoms with van der Waals surface area (Å²) in [7, 11) is -3.43. The highest BCUT2D eigenvalue weighted by molar-refractivity contribution is 9.10. The van der Waals surface area contributed by atoms with Gasteiger partial charge in [0.25, 0.3) is 0 Å². The summed E-state index contributed by atoms with van der Waals surface area (Å²) in [5.41, 5.74) is 2.55. The molecule has 0 saturated heterocycles. The van der Waals surface area contributed by atoms with Gasteiger partial charge in [-0.2, -0.15) is 0 Å². The minimum Gasteiger partial charge on any atom is -0.326 e. The second kappa shape index (κ2) is 8.26. The van der Waals surface area contributed by atoms with E-state index in [-0.39, 0.29) is 18.1 Å². The fourth-order valence-corrected chi connectivity index (χ4v) is 3.15. The number of nitrogens with one attached hydrogen (secondary N) is 1. The van der Waals surface area contributed by atoms with Crippen molar-refractivity contribution in [3.8, 4) is 0 Å². The van der Waals surface area contributed by atoms with Crippen molar-refractivity contribution in [1.82, 2.24) is 0 Å². The molecular formula is C18H18BrNO3S. The van der Waals surface area contributed by atoms with E-state index in [1.54, 1.807) is 30.3 Å². The molecule has 0 aromatic heterocycles. The molecule has 4 nitrogen and oxygen atoms in total. The van der Waals surface area contributed by atoms with E-state index < -0.39 is 9.84 Å². The summed E-state index contributed by atoms with van der Waals surface area (Å²) in [6.07, 6.45) is 1.46. The van der Waals surface area contributed by atoms with Crippen LogP contribution >= 0.6 is 15.9 Å². The van der Waals surface area contributed by atoms with Gasteiger partial charge in [0.1, 0.15) is 0 Å². The largest absolute Gasteiger partial charge is 0.326 e. The van der Waals surface area contributed by atoms with Crippen LogP contribution in [-0.4, -0.2) is 20.1 Å². The van der Waals surface area contributed by atoms with Gasteiger partial charge in [0.05, 0.1) is 5.75 Å². The number of sulfone groups is 1. The zero-order valence-electron chi connectivity index (χ0n) is 13.2. The van der Waals surface area contributed by atoms with Gasteiger partial charge in [0.2, 0.25) is 5.91 Å². The van der Waals surface area contributed by atoms with Gasteiger partial charge in [-0.3, -0.25) is 4.79 Å². The smallest absolute Gasteiger partial charge is 0.225 e. The SMILES string of the molecule is Cc1ccc(/C=C/S(=O)(=O)CCC(=O)Nc2ccc(Br)cc2)cc1. The van der Waals surface area contributed by atoms with Crippen LogP contribution in [0.2, 0.25) is 0 Å². The van der Waals surface area contributed by atoms with Crippen LogP contribution in [0.25, 0.3) is 6.08 Å². The molecule has 126 valence electrons. The van der Waals surface area contributed by atoms with E-state index in [1.807, 2.05) is 31.2 Å². The van der Waals surface area contributed by atoms with Crippen LogP contribution in [0.15, 0.2) is 58.4 Å². The number of aryl methyl sites for hydroxylation is 1. The number of halogens is 1. The Balaban J connectivity index is 1.88. The van der Waals surface area contributed by atoms with Crippen LogP contribution in [0.4, 0.5) is 5.69 Å². The maximum Gasteiger partial charge on any atom is 0.225 e. The first-order valence-electron chi connectivity index (χ1n) is 7.37. The summed E-state index contributed by atoms with van der Waals surface area (Å²) in [6, 6.07) is 14.6. The highest BCUT2D eigenvalue weighted by Crippen LogP contribution is 2.14. The molecule has 0 aliphatic carbocycles. The van der Waals surface area contributed by atoms with Gasteiger partial charge in [-0.05, 0) is 42.8 Å². The first kappa shape index (κ1) is 18.4. The van der Waals surface area contributed by atoms with Crippen molar-refractivity contribution in [3.05, 3.63) is 69.5 Å². The molecule has 1 amide bonds. The van der Waals surface area contributed by atoms with E-state index >= 15 is 0 Å². The summed E-state index contributed by atoms with van der Waals surface area (Å²) in [4.78, 5) is 11.8. The van der Waals surface area contributed by atoms with Gasteiger partial charge >= 0.3 is 0 Å². The third-order valence-electron chi connectivity index (χ3n) is 3.29. The Morgan fingerprint density at radius 3 is 2.33 bits per heavy atom.